The molecule has 1 aromatic heterocycles. The van der Waals surface area contributed by atoms with E-state index in [0.29, 0.717) is 5.01 Å². The molecule has 140 valence electrons. The van der Waals surface area contributed by atoms with Crippen molar-refractivity contribution in [2.24, 2.45) is 0 Å². The van der Waals surface area contributed by atoms with E-state index >= 15 is 0 Å². The lowest BCUT2D eigenvalue weighted by Gasteiger charge is -2.12. The monoisotopic (exact) mass is 391 g/mol. The summed E-state index contributed by atoms with van der Waals surface area (Å²) in [6, 6.07) is 3.85. The molecule has 0 unspecified atom stereocenters. The molecule has 2 aromatic rings. The van der Waals surface area contributed by atoms with Crippen LogP contribution in [-0.4, -0.2) is 51.4 Å². The smallest absolute Gasteiger partial charge is 0.282 e. The number of anilines is 1. The zero-order valence-electron chi connectivity index (χ0n) is 14.0. The Hall–Kier alpha value is -3.25. The lowest BCUT2D eigenvalue weighted by Crippen LogP contribution is -2.33. The van der Waals surface area contributed by atoms with E-state index in [1.807, 2.05) is 0 Å². The van der Waals surface area contributed by atoms with Crippen molar-refractivity contribution in [2.75, 3.05) is 19.0 Å². The van der Waals surface area contributed by atoms with E-state index in [2.05, 4.69) is 15.5 Å². The van der Waals surface area contributed by atoms with Gasteiger partial charge >= 0.3 is 0 Å². The zero-order valence-corrected chi connectivity index (χ0v) is 14.8. The quantitative estimate of drug-likeness (QED) is 0.421. The van der Waals surface area contributed by atoms with Crippen LogP contribution in [0.2, 0.25) is 0 Å². The van der Waals surface area contributed by atoms with Gasteiger partial charge in [-0.05, 0) is 6.07 Å². The minimum absolute atomic E-state index is 0.0389. The van der Waals surface area contributed by atoms with Crippen molar-refractivity contribution in [3.8, 4) is 0 Å². The summed E-state index contributed by atoms with van der Waals surface area (Å²) in [5.41, 5.74) is -0.721. The van der Waals surface area contributed by atoms with Crippen LogP contribution in [0.25, 0.3) is 0 Å². The second-order valence-electron chi connectivity index (χ2n) is 5.45. The van der Waals surface area contributed by atoms with Gasteiger partial charge in [0.15, 0.2) is 0 Å². The predicted molar refractivity (Wildman–Crippen MR) is 92.3 cm³/mol. The van der Waals surface area contributed by atoms with Crippen molar-refractivity contribution in [2.45, 2.75) is 13.0 Å². The van der Waals surface area contributed by atoms with Gasteiger partial charge in [0.05, 0.1) is 10.5 Å². The summed E-state index contributed by atoms with van der Waals surface area (Å²) in [5, 5.41) is 22.0. The zero-order chi connectivity index (χ0) is 19.6. The Morgan fingerprint density at radius 1 is 1.33 bits per heavy atom. The van der Waals surface area contributed by atoms with E-state index in [1.165, 1.54) is 19.2 Å². The summed E-state index contributed by atoms with van der Waals surface area (Å²) in [4.78, 5) is 48.0. The molecule has 2 heterocycles. The van der Waals surface area contributed by atoms with E-state index in [1.54, 1.807) is 0 Å². The number of amides is 3. The van der Waals surface area contributed by atoms with Gasteiger partial charge in [-0.15, -0.1) is 10.2 Å². The van der Waals surface area contributed by atoms with E-state index in [9.17, 15) is 24.5 Å². The highest BCUT2D eigenvalue weighted by Crippen LogP contribution is 2.30. The first-order chi connectivity index (χ1) is 12.9. The van der Waals surface area contributed by atoms with Gasteiger partial charge in [-0.2, -0.15) is 0 Å². The molecule has 1 aromatic carbocycles. The minimum Gasteiger partial charge on any atom is -0.377 e. The first-order valence-corrected chi connectivity index (χ1v) is 8.48. The van der Waals surface area contributed by atoms with Gasteiger partial charge in [0.1, 0.15) is 17.2 Å². The Balaban J connectivity index is 1.65. The van der Waals surface area contributed by atoms with Gasteiger partial charge in [0, 0.05) is 26.1 Å². The van der Waals surface area contributed by atoms with Crippen LogP contribution >= 0.6 is 11.3 Å². The number of carbonyl (C=O) groups excluding carboxylic acids is 3. The number of aromatic nitrogens is 2. The molecule has 0 bridgehead atoms. The van der Waals surface area contributed by atoms with Gasteiger partial charge in [-0.3, -0.25) is 29.4 Å². The number of ether oxygens (including phenoxy) is 1. The molecule has 0 aliphatic carbocycles. The molecule has 27 heavy (non-hydrogen) atoms. The topological polar surface area (TPSA) is 145 Å². The normalized spacial score (nSPS) is 13.0. The molecule has 1 N–H and O–H groups in total. The maximum Gasteiger partial charge on any atom is 0.282 e. The molecule has 3 rings (SSSR count). The van der Waals surface area contributed by atoms with Gasteiger partial charge in [-0.25, -0.2) is 0 Å². The SMILES string of the molecule is COCc1nnc(NC(=O)CCN2C(=O)c3cccc([N+](=O)[O-])c3C2=O)s1. The van der Waals surface area contributed by atoms with Crippen LogP contribution in [0.15, 0.2) is 18.2 Å². The first kappa shape index (κ1) is 18.5. The molecule has 0 atom stereocenters. The van der Waals surface area contributed by atoms with Crippen LogP contribution < -0.4 is 5.32 Å². The fourth-order valence-corrected chi connectivity index (χ4v) is 3.28. The first-order valence-electron chi connectivity index (χ1n) is 7.67. The molecule has 1 aliphatic rings. The molecule has 3 amide bonds. The fourth-order valence-electron chi connectivity index (χ4n) is 2.55. The average molecular weight is 391 g/mol. The number of hydrogen-bond acceptors (Lipinski definition) is 9. The number of methoxy groups -OCH3 is 1. The molecule has 0 fully saturated rings. The lowest BCUT2D eigenvalue weighted by molar-refractivity contribution is -0.385. The van der Waals surface area contributed by atoms with Crippen LogP contribution in [-0.2, 0) is 16.1 Å². The van der Waals surface area contributed by atoms with Crippen LogP contribution in [0.3, 0.4) is 0 Å². The number of nitro benzene ring substituents is 1. The molecular weight excluding hydrogens is 378 g/mol. The highest BCUT2D eigenvalue weighted by Gasteiger charge is 2.40. The Labute approximate surface area is 156 Å². The fraction of sp³-hybridized carbons (Fsp3) is 0.267. The van der Waals surface area contributed by atoms with Gasteiger partial charge in [0.25, 0.3) is 17.5 Å². The Kier molecular flexibility index (Phi) is 5.19. The Bertz CT molecular complexity index is 943. The van der Waals surface area contributed by atoms with Crippen molar-refractivity contribution in [3.63, 3.8) is 0 Å². The molecule has 0 spiro atoms. The van der Waals surface area contributed by atoms with E-state index in [0.717, 1.165) is 22.3 Å². The number of hydrogen-bond donors (Lipinski definition) is 1. The maximum atomic E-state index is 12.4. The molecule has 0 saturated heterocycles. The number of nitrogens with one attached hydrogen (secondary N) is 1. The standard InChI is InChI=1S/C15H13N5O6S/c1-26-7-11-17-18-15(27-11)16-10(21)5-6-19-13(22)8-3-2-4-9(20(24)25)12(8)14(19)23/h2-4H,5-7H2,1H3,(H,16,18,21). The summed E-state index contributed by atoms with van der Waals surface area (Å²) < 4.78 is 4.91. The molecular formula is C15H13N5O6S. The van der Waals surface area contributed by atoms with Crippen LogP contribution in [0, 0.1) is 10.1 Å². The third kappa shape index (κ3) is 3.66. The van der Waals surface area contributed by atoms with Crippen LogP contribution in [0.5, 0.6) is 0 Å². The third-order valence-electron chi connectivity index (χ3n) is 3.72. The summed E-state index contributed by atoms with van der Waals surface area (Å²) in [5.74, 6) is -1.92. The Morgan fingerprint density at radius 2 is 2.11 bits per heavy atom. The second kappa shape index (κ2) is 7.55. The van der Waals surface area contributed by atoms with Crippen molar-refractivity contribution >= 4 is 39.9 Å². The maximum absolute atomic E-state index is 12.4. The van der Waals surface area contributed by atoms with Crippen molar-refractivity contribution in [1.82, 2.24) is 15.1 Å². The number of carbonyl (C=O) groups is 3. The highest BCUT2D eigenvalue weighted by molar-refractivity contribution is 7.15. The number of imide groups is 1. The van der Waals surface area contributed by atoms with E-state index < -0.39 is 28.3 Å². The molecule has 1 aliphatic heterocycles. The summed E-state index contributed by atoms with van der Waals surface area (Å²) in [6.45, 7) is 0.0560. The number of rotatable bonds is 7. The van der Waals surface area contributed by atoms with Gasteiger partial charge in [-0.1, -0.05) is 17.4 Å². The molecule has 0 radical (unpaired) electrons. The summed E-state index contributed by atoms with van der Waals surface area (Å²) >= 11 is 1.14. The van der Waals surface area contributed by atoms with Crippen LogP contribution in [0.4, 0.5) is 10.8 Å². The summed E-state index contributed by atoms with van der Waals surface area (Å²) in [6.07, 6.45) is -0.182. The van der Waals surface area contributed by atoms with E-state index in [-0.39, 0.29) is 35.8 Å². The van der Waals surface area contributed by atoms with Crippen LogP contribution in [0.1, 0.15) is 32.1 Å². The molecule has 11 nitrogen and oxygen atoms in total. The van der Waals surface area contributed by atoms with Crippen molar-refractivity contribution < 1.29 is 24.0 Å². The third-order valence-corrected chi connectivity index (χ3v) is 4.53. The Morgan fingerprint density at radius 3 is 2.81 bits per heavy atom. The number of fused-ring (bicyclic) bond motifs is 1. The highest BCUT2D eigenvalue weighted by atomic mass is 32.1. The molecule has 0 saturated carbocycles. The van der Waals surface area contributed by atoms with Crippen molar-refractivity contribution in [1.29, 1.82) is 0 Å². The van der Waals surface area contributed by atoms with E-state index in [4.69, 9.17) is 4.74 Å². The summed E-state index contributed by atoms with van der Waals surface area (Å²) in [7, 11) is 1.51. The number of nitrogens with zero attached hydrogens (tertiary/aromatic N) is 4. The largest absolute Gasteiger partial charge is 0.377 e. The second-order valence-corrected chi connectivity index (χ2v) is 6.51. The number of benzene rings is 1. The average Bonchev–Trinajstić information content (AvgIpc) is 3.17. The number of nitro groups is 1. The minimum atomic E-state index is -0.784. The van der Waals surface area contributed by atoms with Gasteiger partial charge in [0.2, 0.25) is 11.0 Å². The molecule has 12 heteroatoms. The van der Waals surface area contributed by atoms with Crippen molar-refractivity contribution in [3.05, 3.63) is 44.4 Å². The predicted octanol–water partition coefficient (Wildman–Crippen LogP) is 1.22. The van der Waals surface area contributed by atoms with Gasteiger partial charge < -0.3 is 10.1 Å². The lowest BCUT2D eigenvalue weighted by atomic mass is 10.1.